The van der Waals surface area contributed by atoms with E-state index in [2.05, 4.69) is 15.4 Å². The van der Waals surface area contributed by atoms with Gasteiger partial charge in [0.2, 0.25) is 21.7 Å². The summed E-state index contributed by atoms with van der Waals surface area (Å²) in [6.45, 7) is 1.39. The van der Waals surface area contributed by atoms with Gasteiger partial charge in [-0.05, 0) is 36.4 Å². The van der Waals surface area contributed by atoms with Crippen LogP contribution in [0.5, 0.6) is 17.2 Å². The minimum Gasteiger partial charge on any atom is -0.493 e. The Morgan fingerprint density at radius 2 is 1.48 bits per heavy atom. The van der Waals surface area contributed by atoms with E-state index in [-0.39, 0.29) is 29.5 Å². The number of nitrogens with one attached hydrogen (secondary N) is 3. The number of hydrogen-bond acceptors (Lipinski definition) is 7. The van der Waals surface area contributed by atoms with Gasteiger partial charge in [0.25, 0.3) is 5.91 Å². The molecule has 0 aromatic heterocycles. The zero-order chi connectivity index (χ0) is 23.0. The fraction of sp³-hybridized carbons (Fsp3) is 0.300. The van der Waals surface area contributed by atoms with Crippen molar-refractivity contribution in [3.05, 3.63) is 42.0 Å². The molecule has 3 N–H and O–H groups in total. The summed E-state index contributed by atoms with van der Waals surface area (Å²) in [6.07, 6.45) is 0. The molecule has 0 atom stereocenters. The molecule has 10 nitrogen and oxygen atoms in total. The van der Waals surface area contributed by atoms with Gasteiger partial charge in [0.15, 0.2) is 11.5 Å². The molecule has 0 aliphatic heterocycles. The van der Waals surface area contributed by atoms with Gasteiger partial charge in [-0.1, -0.05) is 0 Å². The van der Waals surface area contributed by atoms with Crippen molar-refractivity contribution in [2.24, 2.45) is 0 Å². The molecule has 0 radical (unpaired) electrons. The van der Waals surface area contributed by atoms with Gasteiger partial charge in [-0.3, -0.25) is 9.59 Å². The first kappa shape index (κ1) is 24.0. The maximum Gasteiger partial charge on any atom is 0.251 e. The molecule has 0 bridgehead atoms. The molecule has 0 heterocycles. The van der Waals surface area contributed by atoms with E-state index in [1.807, 2.05) is 0 Å². The van der Waals surface area contributed by atoms with E-state index in [4.69, 9.17) is 14.2 Å². The molecule has 0 aliphatic rings. The summed E-state index contributed by atoms with van der Waals surface area (Å²) in [5.41, 5.74) is 0.759. The normalized spacial score (nSPS) is 10.8. The molecule has 0 unspecified atom stereocenters. The number of sulfonamides is 1. The number of benzene rings is 2. The zero-order valence-electron chi connectivity index (χ0n) is 17.6. The maximum atomic E-state index is 12.4. The smallest absolute Gasteiger partial charge is 0.251 e. The van der Waals surface area contributed by atoms with E-state index >= 15 is 0 Å². The summed E-state index contributed by atoms with van der Waals surface area (Å²) in [4.78, 5) is 23.5. The van der Waals surface area contributed by atoms with Crippen LogP contribution in [0.3, 0.4) is 0 Å². The van der Waals surface area contributed by atoms with Crippen molar-refractivity contribution in [1.29, 1.82) is 0 Å². The van der Waals surface area contributed by atoms with Gasteiger partial charge in [0.05, 0.1) is 26.2 Å². The quantitative estimate of drug-likeness (QED) is 0.465. The third-order valence-corrected chi connectivity index (χ3v) is 5.59. The lowest BCUT2D eigenvalue weighted by molar-refractivity contribution is -0.114. The lowest BCUT2D eigenvalue weighted by Gasteiger charge is -2.14. The molecule has 2 amide bonds. The van der Waals surface area contributed by atoms with Gasteiger partial charge in [0.1, 0.15) is 0 Å². The lowest BCUT2D eigenvalue weighted by Crippen LogP contribution is -2.34. The third kappa shape index (κ3) is 6.33. The van der Waals surface area contributed by atoms with Gasteiger partial charge in [0, 0.05) is 31.3 Å². The van der Waals surface area contributed by atoms with E-state index in [0.29, 0.717) is 22.9 Å². The highest BCUT2D eigenvalue weighted by molar-refractivity contribution is 7.89. The second-order valence-electron chi connectivity index (χ2n) is 6.27. The van der Waals surface area contributed by atoms with E-state index < -0.39 is 15.9 Å². The first-order chi connectivity index (χ1) is 14.7. The van der Waals surface area contributed by atoms with Gasteiger partial charge in [-0.2, -0.15) is 0 Å². The highest BCUT2D eigenvalue weighted by Crippen LogP contribution is 2.38. The van der Waals surface area contributed by atoms with Crippen molar-refractivity contribution in [2.75, 3.05) is 39.7 Å². The number of carbonyl (C=O) groups excluding carboxylic acids is 2. The number of amides is 2. The average Bonchev–Trinajstić information content (AvgIpc) is 2.75. The summed E-state index contributed by atoms with van der Waals surface area (Å²) in [6, 6.07) is 8.73. The molecule has 0 fully saturated rings. The van der Waals surface area contributed by atoms with Crippen molar-refractivity contribution >= 4 is 27.5 Å². The van der Waals surface area contributed by atoms with Crippen molar-refractivity contribution in [3.63, 3.8) is 0 Å². The van der Waals surface area contributed by atoms with E-state index in [9.17, 15) is 18.0 Å². The molecular weight excluding hydrogens is 426 g/mol. The molecular formula is C20H25N3O7S. The number of methoxy groups -OCH3 is 3. The van der Waals surface area contributed by atoms with Crippen LogP contribution < -0.4 is 29.6 Å². The molecule has 0 aliphatic carbocycles. The average molecular weight is 452 g/mol. The largest absolute Gasteiger partial charge is 0.493 e. The van der Waals surface area contributed by atoms with Gasteiger partial charge < -0.3 is 24.8 Å². The third-order valence-electron chi connectivity index (χ3n) is 4.11. The van der Waals surface area contributed by atoms with Crippen LogP contribution in [-0.2, 0) is 14.8 Å². The number of carbonyl (C=O) groups is 2. The van der Waals surface area contributed by atoms with Gasteiger partial charge in [-0.15, -0.1) is 0 Å². The highest BCUT2D eigenvalue weighted by Gasteiger charge is 2.17. The predicted molar refractivity (Wildman–Crippen MR) is 114 cm³/mol. The van der Waals surface area contributed by atoms with E-state index in [0.717, 1.165) is 0 Å². The summed E-state index contributed by atoms with van der Waals surface area (Å²) in [5, 5.41) is 5.19. The van der Waals surface area contributed by atoms with E-state index in [1.54, 1.807) is 0 Å². The van der Waals surface area contributed by atoms with Crippen molar-refractivity contribution in [1.82, 2.24) is 10.0 Å². The molecule has 168 valence electrons. The topological polar surface area (TPSA) is 132 Å². The Hall–Kier alpha value is -3.31. The Morgan fingerprint density at radius 1 is 0.903 bits per heavy atom. The molecule has 0 saturated carbocycles. The predicted octanol–water partition coefficient (Wildman–Crippen LogP) is 1.38. The Bertz CT molecular complexity index is 1010. The van der Waals surface area contributed by atoms with Crippen LogP contribution in [-0.4, -0.2) is 54.7 Å². The monoisotopic (exact) mass is 451 g/mol. The van der Waals surface area contributed by atoms with E-state index in [1.165, 1.54) is 64.7 Å². The fourth-order valence-corrected chi connectivity index (χ4v) is 3.71. The van der Waals surface area contributed by atoms with Crippen LogP contribution in [0.2, 0.25) is 0 Å². The first-order valence-electron chi connectivity index (χ1n) is 9.17. The fourth-order valence-electron chi connectivity index (χ4n) is 2.68. The summed E-state index contributed by atoms with van der Waals surface area (Å²) >= 11 is 0. The first-order valence-corrected chi connectivity index (χ1v) is 10.7. The molecule has 2 aromatic rings. The molecule has 2 aromatic carbocycles. The Kier molecular flexibility index (Phi) is 8.22. The highest BCUT2D eigenvalue weighted by atomic mass is 32.2. The van der Waals surface area contributed by atoms with Crippen LogP contribution >= 0.6 is 0 Å². The summed E-state index contributed by atoms with van der Waals surface area (Å²) < 4.78 is 42.8. The molecule has 0 spiro atoms. The number of hydrogen-bond donors (Lipinski definition) is 3. The van der Waals surface area contributed by atoms with Crippen LogP contribution in [0.4, 0.5) is 5.69 Å². The number of ether oxygens (including phenoxy) is 3. The van der Waals surface area contributed by atoms with Crippen molar-refractivity contribution < 1.29 is 32.2 Å². The van der Waals surface area contributed by atoms with Crippen LogP contribution in [0.25, 0.3) is 0 Å². The Morgan fingerprint density at radius 3 is 1.97 bits per heavy atom. The van der Waals surface area contributed by atoms with Crippen molar-refractivity contribution in [2.45, 2.75) is 11.8 Å². The zero-order valence-corrected chi connectivity index (χ0v) is 18.5. The SMILES string of the molecule is COc1cc(C(=O)NCCNS(=O)(=O)c2ccc(NC(C)=O)cc2)cc(OC)c1OC. The summed E-state index contributed by atoms with van der Waals surface area (Å²) in [7, 11) is 0.571. The number of rotatable bonds is 10. The number of anilines is 1. The Labute approximate surface area is 180 Å². The van der Waals surface area contributed by atoms with Crippen molar-refractivity contribution in [3.8, 4) is 17.2 Å². The molecule has 31 heavy (non-hydrogen) atoms. The van der Waals surface area contributed by atoms with Gasteiger partial charge >= 0.3 is 0 Å². The second kappa shape index (κ2) is 10.6. The van der Waals surface area contributed by atoms with Crippen LogP contribution in [0, 0.1) is 0 Å². The van der Waals surface area contributed by atoms with Crippen LogP contribution in [0.1, 0.15) is 17.3 Å². The minimum atomic E-state index is -3.77. The minimum absolute atomic E-state index is 0.0219. The Balaban J connectivity index is 1.96. The van der Waals surface area contributed by atoms with Gasteiger partial charge in [-0.25, -0.2) is 13.1 Å². The lowest BCUT2D eigenvalue weighted by atomic mass is 10.1. The standard InChI is InChI=1S/C20H25N3O7S/c1-13(24)23-15-5-7-16(8-6-15)31(26,27)22-10-9-21-20(25)14-11-17(28-2)19(30-4)18(12-14)29-3/h5-8,11-12,22H,9-10H2,1-4H3,(H,21,25)(H,23,24). The maximum absolute atomic E-state index is 12.4. The van der Waals surface area contributed by atoms with Crippen LogP contribution in [0.15, 0.2) is 41.3 Å². The molecule has 11 heteroatoms. The summed E-state index contributed by atoms with van der Waals surface area (Å²) in [5.74, 6) is 0.333. The molecule has 0 saturated heterocycles. The molecule has 2 rings (SSSR count). The second-order valence-corrected chi connectivity index (χ2v) is 8.04.